The number of halogens is 1. The molecule has 0 saturated carbocycles. The van der Waals surface area contributed by atoms with E-state index in [9.17, 15) is 14.7 Å². The van der Waals surface area contributed by atoms with E-state index in [1.54, 1.807) is 60.7 Å². The molecule has 1 atom stereocenters. The van der Waals surface area contributed by atoms with Crippen molar-refractivity contribution in [3.05, 3.63) is 88.5 Å². The third-order valence-corrected chi connectivity index (χ3v) is 6.17. The molecule has 36 heavy (non-hydrogen) atoms. The van der Waals surface area contributed by atoms with Gasteiger partial charge in [0, 0.05) is 17.3 Å². The predicted octanol–water partition coefficient (Wildman–Crippen LogP) is 5.77. The number of ether oxygens (including phenoxy) is 3. The van der Waals surface area contributed by atoms with Crippen LogP contribution in [0.4, 0.5) is 5.69 Å². The predicted molar refractivity (Wildman–Crippen MR) is 138 cm³/mol. The molecule has 0 aliphatic carbocycles. The van der Waals surface area contributed by atoms with Gasteiger partial charge >= 0.3 is 0 Å². The van der Waals surface area contributed by atoms with Crippen molar-refractivity contribution in [3.8, 4) is 17.2 Å². The summed E-state index contributed by atoms with van der Waals surface area (Å²) in [5, 5.41) is 11.6. The molecular weight excluding hydrogens is 482 g/mol. The number of hydrogen-bond donors (Lipinski definition) is 1. The highest BCUT2D eigenvalue weighted by Gasteiger charge is 2.47. The summed E-state index contributed by atoms with van der Waals surface area (Å²) in [5.74, 6) is -0.289. The first-order chi connectivity index (χ1) is 17.4. The summed E-state index contributed by atoms with van der Waals surface area (Å²) in [6.45, 7) is 2.58. The lowest BCUT2D eigenvalue weighted by Gasteiger charge is -2.26. The number of carbonyl (C=O) groups is 2. The molecule has 3 aromatic rings. The normalized spacial score (nSPS) is 16.8. The molecule has 1 unspecified atom stereocenters. The van der Waals surface area contributed by atoms with E-state index in [2.05, 4.69) is 0 Å². The second-order valence-corrected chi connectivity index (χ2v) is 8.54. The smallest absolute Gasteiger partial charge is 0.300 e. The van der Waals surface area contributed by atoms with Crippen LogP contribution in [0.3, 0.4) is 0 Å². The van der Waals surface area contributed by atoms with Gasteiger partial charge in [-0.2, -0.15) is 0 Å². The molecule has 0 aromatic heterocycles. The summed E-state index contributed by atoms with van der Waals surface area (Å²) in [6, 6.07) is 17.7. The van der Waals surface area contributed by atoms with E-state index in [0.717, 1.165) is 6.42 Å². The number of aliphatic hydroxyl groups is 1. The number of anilines is 1. The van der Waals surface area contributed by atoms with E-state index in [4.69, 9.17) is 25.8 Å². The number of amides is 1. The number of methoxy groups -OCH3 is 2. The molecule has 0 spiro atoms. The van der Waals surface area contributed by atoms with Crippen LogP contribution < -0.4 is 19.1 Å². The van der Waals surface area contributed by atoms with Gasteiger partial charge in [0.25, 0.3) is 11.7 Å². The molecule has 1 saturated heterocycles. The highest BCUT2D eigenvalue weighted by Crippen LogP contribution is 2.43. The fourth-order valence-corrected chi connectivity index (χ4v) is 4.37. The largest absolute Gasteiger partial charge is 0.507 e. The molecule has 1 N–H and O–H groups in total. The molecule has 4 rings (SSSR count). The monoisotopic (exact) mass is 507 g/mol. The fraction of sp³-hybridized carbons (Fsp3) is 0.214. The van der Waals surface area contributed by atoms with Crippen molar-refractivity contribution in [2.45, 2.75) is 19.4 Å². The molecule has 3 aromatic carbocycles. The van der Waals surface area contributed by atoms with E-state index in [0.29, 0.717) is 35.1 Å². The van der Waals surface area contributed by atoms with Crippen LogP contribution in [-0.2, 0) is 9.59 Å². The van der Waals surface area contributed by atoms with Gasteiger partial charge < -0.3 is 19.3 Å². The minimum absolute atomic E-state index is 0.0497. The molecule has 7 nitrogen and oxygen atoms in total. The number of aliphatic hydroxyl groups excluding tert-OH is 1. The van der Waals surface area contributed by atoms with Crippen molar-refractivity contribution in [1.29, 1.82) is 0 Å². The summed E-state index contributed by atoms with van der Waals surface area (Å²) < 4.78 is 16.2. The molecule has 1 aliphatic heterocycles. The fourth-order valence-electron chi connectivity index (χ4n) is 4.11. The lowest BCUT2D eigenvalue weighted by atomic mass is 9.95. The highest BCUT2D eigenvalue weighted by atomic mass is 35.5. The van der Waals surface area contributed by atoms with Crippen LogP contribution in [0.15, 0.2) is 72.3 Å². The highest BCUT2D eigenvalue weighted by molar-refractivity contribution is 6.51. The van der Waals surface area contributed by atoms with Gasteiger partial charge in [-0.05, 0) is 54.4 Å². The third kappa shape index (κ3) is 4.75. The van der Waals surface area contributed by atoms with Gasteiger partial charge in [0.05, 0.1) is 37.5 Å². The number of ketones is 1. The Hall–Kier alpha value is -3.97. The van der Waals surface area contributed by atoms with Crippen LogP contribution in [0.25, 0.3) is 5.76 Å². The summed E-state index contributed by atoms with van der Waals surface area (Å²) in [4.78, 5) is 28.0. The number of rotatable bonds is 8. The maximum Gasteiger partial charge on any atom is 0.300 e. The van der Waals surface area contributed by atoms with E-state index in [-0.39, 0.29) is 21.9 Å². The van der Waals surface area contributed by atoms with Gasteiger partial charge in [0.15, 0.2) is 0 Å². The topological polar surface area (TPSA) is 85.3 Å². The third-order valence-electron chi connectivity index (χ3n) is 5.87. The number of Topliss-reactive ketones (excluding diaryl/α,β-unsaturated/α-hetero) is 1. The number of carbonyl (C=O) groups excluding carboxylic acids is 2. The average Bonchev–Trinajstić information content (AvgIpc) is 3.17. The average molecular weight is 508 g/mol. The Morgan fingerprint density at radius 2 is 1.72 bits per heavy atom. The molecule has 1 amide bonds. The Kier molecular flexibility index (Phi) is 7.50. The van der Waals surface area contributed by atoms with Crippen molar-refractivity contribution in [3.63, 3.8) is 0 Å². The van der Waals surface area contributed by atoms with Crippen LogP contribution in [0.2, 0.25) is 5.02 Å². The van der Waals surface area contributed by atoms with Crippen LogP contribution in [-0.4, -0.2) is 37.6 Å². The van der Waals surface area contributed by atoms with E-state index in [1.807, 2.05) is 6.92 Å². The maximum atomic E-state index is 13.3. The molecule has 0 radical (unpaired) electrons. The standard InChI is InChI=1S/C28H26ClNO6/c1-4-14-36-20-11-8-17(9-12-20)25-24(26(31)18-10-13-23(35-3)22(29)15-18)27(32)28(33)30(25)19-6-5-7-21(16-19)34-2/h5-13,15-16,25,31H,4,14H2,1-3H3/b26-24+. The zero-order chi connectivity index (χ0) is 25.8. The quantitative estimate of drug-likeness (QED) is 0.236. The summed E-state index contributed by atoms with van der Waals surface area (Å²) in [6.07, 6.45) is 0.863. The molecule has 8 heteroatoms. The molecule has 0 bridgehead atoms. The Morgan fingerprint density at radius 3 is 2.36 bits per heavy atom. The summed E-state index contributed by atoms with van der Waals surface area (Å²) >= 11 is 6.27. The van der Waals surface area contributed by atoms with Gasteiger partial charge in [0.1, 0.15) is 23.0 Å². The first-order valence-electron chi connectivity index (χ1n) is 11.4. The Balaban J connectivity index is 1.88. The first-order valence-corrected chi connectivity index (χ1v) is 11.8. The van der Waals surface area contributed by atoms with Crippen molar-refractivity contribution in [2.24, 2.45) is 0 Å². The lowest BCUT2D eigenvalue weighted by Crippen LogP contribution is -2.29. The van der Waals surface area contributed by atoms with Gasteiger partial charge in [-0.3, -0.25) is 14.5 Å². The van der Waals surface area contributed by atoms with E-state index < -0.39 is 17.7 Å². The maximum absolute atomic E-state index is 13.3. The van der Waals surface area contributed by atoms with Crippen molar-refractivity contribution >= 4 is 34.7 Å². The Labute approximate surface area is 214 Å². The van der Waals surface area contributed by atoms with Crippen LogP contribution in [0, 0.1) is 0 Å². The first kappa shape index (κ1) is 25.1. The Morgan fingerprint density at radius 1 is 0.972 bits per heavy atom. The second kappa shape index (κ2) is 10.7. The van der Waals surface area contributed by atoms with Crippen molar-refractivity contribution in [1.82, 2.24) is 0 Å². The van der Waals surface area contributed by atoms with Gasteiger partial charge in [0.2, 0.25) is 0 Å². The minimum Gasteiger partial charge on any atom is -0.507 e. The molecule has 186 valence electrons. The number of nitrogens with zero attached hydrogens (tertiary/aromatic N) is 1. The minimum atomic E-state index is -0.891. The van der Waals surface area contributed by atoms with Crippen LogP contribution >= 0.6 is 11.6 Å². The zero-order valence-electron chi connectivity index (χ0n) is 20.2. The van der Waals surface area contributed by atoms with E-state index in [1.165, 1.54) is 25.2 Å². The molecule has 1 heterocycles. The molecular formula is C28H26ClNO6. The van der Waals surface area contributed by atoms with Crippen molar-refractivity contribution in [2.75, 3.05) is 25.7 Å². The summed E-state index contributed by atoms with van der Waals surface area (Å²) in [5.41, 5.74) is 1.32. The van der Waals surface area contributed by atoms with Crippen LogP contribution in [0.5, 0.6) is 17.2 Å². The second-order valence-electron chi connectivity index (χ2n) is 8.14. The number of benzene rings is 3. The van der Waals surface area contributed by atoms with E-state index >= 15 is 0 Å². The lowest BCUT2D eigenvalue weighted by molar-refractivity contribution is -0.132. The van der Waals surface area contributed by atoms with Crippen LogP contribution in [0.1, 0.15) is 30.5 Å². The number of hydrogen-bond acceptors (Lipinski definition) is 6. The van der Waals surface area contributed by atoms with Gasteiger partial charge in [-0.1, -0.05) is 36.7 Å². The zero-order valence-corrected chi connectivity index (χ0v) is 20.9. The summed E-state index contributed by atoms with van der Waals surface area (Å²) in [7, 11) is 3.00. The van der Waals surface area contributed by atoms with Gasteiger partial charge in [-0.15, -0.1) is 0 Å². The van der Waals surface area contributed by atoms with Crippen molar-refractivity contribution < 1.29 is 28.9 Å². The molecule has 1 fully saturated rings. The Bertz CT molecular complexity index is 1320. The molecule has 1 aliphatic rings. The SMILES string of the molecule is CCCOc1ccc(C2/C(=C(\O)c3ccc(OC)c(Cl)c3)C(=O)C(=O)N2c2cccc(OC)c2)cc1. The van der Waals surface area contributed by atoms with Gasteiger partial charge in [-0.25, -0.2) is 0 Å².